The summed E-state index contributed by atoms with van der Waals surface area (Å²) >= 11 is 0. The van der Waals surface area contributed by atoms with Crippen LogP contribution in [0.1, 0.15) is 12.0 Å². The van der Waals surface area contributed by atoms with Crippen molar-refractivity contribution in [3.05, 3.63) is 46.1 Å². The van der Waals surface area contributed by atoms with E-state index in [0.717, 1.165) is 13.0 Å². The maximum Gasteiger partial charge on any atom is 0.235 e. The average molecular weight is 407 g/mol. The first-order valence-electron chi connectivity index (χ1n) is 10.0. The second-order valence-corrected chi connectivity index (χ2v) is 8.37. The van der Waals surface area contributed by atoms with Gasteiger partial charge in [0.15, 0.2) is 17.3 Å². The first kappa shape index (κ1) is 17.7. The molecule has 2 heterocycles. The number of hydrogen-bond donors (Lipinski definition) is 3. The van der Waals surface area contributed by atoms with Crippen LogP contribution in [0.2, 0.25) is 0 Å². The molecule has 2 aliphatic carbocycles. The van der Waals surface area contributed by atoms with Crippen LogP contribution in [0.15, 0.2) is 39.5 Å². The highest BCUT2D eigenvalue weighted by molar-refractivity contribution is 5.83. The number of rotatable bonds is 4. The van der Waals surface area contributed by atoms with Gasteiger partial charge in [0.25, 0.3) is 0 Å². The van der Waals surface area contributed by atoms with Gasteiger partial charge in [-0.2, -0.15) is 0 Å². The zero-order chi connectivity index (χ0) is 20.8. The van der Waals surface area contributed by atoms with Gasteiger partial charge in [-0.1, -0.05) is 6.07 Å². The number of aromatic hydroxyl groups is 2. The van der Waals surface area contributed by atoms with E-state index in [1.165, 1.54) is 31.9 Å². The predicted molar refractivity (Wildman–Crippen MR) is 109 cm³/mol. The topological polar surface area (TPSA) is 101 Å². The molecule has 1 aliphatic heterocycles. The van der Waals surface area contributed by atoms with E-state index in [4.69, 9.17) is 13.9 Å². The molecule has 30 heavy (non-hydrogen) atoms. The molecule has 3 N–H and O–H groups in total. The molecule has 2 saturated carbocycles. The van der Waals surface area contributed by atoms with Crippen molar-refractivity contribution in [1.82, 2.24) is 5.32 Å². The maximum atomic E-state index is 12.8. The normalized spacial score (nSPS) is 28.1. The molecule has 3 fully saturated rings. The molecule has 6 rings (SSSR count). The molecular formula is C23H21NO6. The number of benzene rings is 2. The zero-order valence-electron chi connectivity index (χ0n) is 16.6. The smallest absolute Gasteiger partial charge is 0.235 e. The average Bonchev–Trinajstić information content (AvgIpc) is 3.68. The molecule has 3 aromatic rings. The standard InChI is InChI=1S/C23H21NO6/c1-28-14-7-10(8-15(29-2)20(14)26)22-21(27)19(25)12-4-3-11(9-13(12)30-22)23-5-6-24-18-16(23)17(18)23/h3-4,7-9,16-18,24,26-27H,5-6H2,1-2H3. The minimum absolute atomic E-state index is 0.0166. The third-order valence-electron chi connectivity index (χ3n) is 7.17. The van der Waals surface area contributed by atoms with Crippen LogP contribution >= 0.6 is 0 Å². The molecule has 1 saturated heterocycles. The quantitative estimate of drug-likeness (QED) is 0.611. The summed E-state index contributed by atoms with van der Waals surface area (Å²) in [6.45, 7) is 1.01. The van der Waals surface area contributed by atoms with Crippen LogP contribution in [0, 0.1) is 11.8 Å². The first-order valence-corrected chi connectivity index (χ1v) is 10.0. The van der Waals surface area contributed by atoms with Crippen molar-refractivity contribution in [3.8, 4) is 34.3 Å². The summed E-state index contributed by atoms with van der Waals surface area (Å²) in [4.78, 5) is 12.8. The number of nitrogens with one attached hydrogen (secondary N) is 1. The van der Waals surface area contributed by atoms with Crippen LogP contribution in [-0.4, -0.2) is 37.0 Å². The van der Waals surface area contributed by atoms with Crippen LogP contribution in [0.3, 0.4) is 0 Å². The fourth-order valence-electron chi connectivity index (χ4n) is 5.59. The third-order valence-corrected chi connectivity index (χ3v) is 7.17. The molecule has 7 nitrogen and oxygen atoms in total. The van der Waals surface area contributed by atoms with E-state index in [-0.39, 0.29) is 28.4 Å². The minimum atomic E-state index is -0.495. The largest absolute Gasteiger partial charge is 0.502 e. The highest BCUT2D eigenvalue weighted by atomic mass is 16.5. The number of ether oxygens (including phenoxy) is 2. The fraction of sp³-hybridized carbons (Fsp3) is 0.348. The van der Waals surface area contributed by atoms with Gasteiger partial charge in [0.05, 0.1) is 19.6 Å². The van der Waals surface area contributed by atoms with Gasteiger partial charge in [-0.15, -0.1) is 0 Å². The second kappa shape index (κ2) is 5.70. The Morgan fingerprint density at radius 1 is 1.07 bits per heavy atom. The summed E-state index contributed by atoms with van der Waals surface area (Å²) in [5.74, 6) is 1.05. The van der Waals surface area contributed by atoms with Crippen LogP contribution in [0.25, 0.3) is 22.3 Å². The molecule has 0 spiro atoms. The number of phenols is 1. The van der Waals surface area contributed by atoms with Gasteiger partial charge < -0.3 is 29.4 Å². The maximum absolute atomic E-state index is 12.8. The van der Waals surface area contributed by atoms with E-state index in [0.29, 0.717) is 34.4 Å². The summed E-state index contributed by atoms with van der Waals surface area (Å²) in [6.07, 6.45) is 1.09. The van der Waals surface area contributed by atoms with E-state index in [9.17, 15) is 15.0 Å². The fourth-order valence-corrected chi connectivity index (χ4v) is 5.59. The van der Waals surface area contributed by atoms with E-state index in [1.54, 1.807) is 6.07 Å². The number of fused-ring (bicyclic) bond motifs is 3. The Morgan fingerprint density at radius 2 is 1.77 bits per heavy atom. The Labute approximate surface area is 171 Å². The molecule has 0 radical (unpaired) electrons. The molecule has 2 unspecified atom stereocenters. The van der Waals surface area contributed by atoms with E-state index < -0.39 is 11.2 Å². The summed E-state index contributed by atoms with van der Waals surface area (Å²) < 4.78 is 16.4. The molecule has 2 atom stereocenters. The van der Waals surface area contributed by atoms with E-state index in [1.807, 2.05) is 12.1 Å². The first-order chi connectivity index (χ1) is 14.5. The number of piperidine rings is 2. The van der Waals surface area contributed by atoms with Crippen molar-refractivity contribution < 1.29 is 24.1 Å². The van der Waals surface area contributed by atoms with Gasteiger partial charge in [0, 0.05) is 17.0 Å². The highest BCUT2D eigenvalue weighted by Gasteiger charge is 2.84. The Bertz CT molecular complexity index is 1240. The summed E-state index contributed by atoms with van der Waals surface area (Å²) in [5, 5.41) is 24.6. The minimum Gasteiger partial charge on any atom is -0.502 e. The van der Waals surface area contributed by atoms with Gasteiger partial charge >= 0.3 is 0 Å². The number of methoxy groups -OCH3 is 2. The Morgan fingerprint density at radius 3 is 2.40 bits per heavy atom. The molecule has 0 amide bonds. The lowest BCUT2D eigenvalue weighted by atomic mass is 9.78. The van der Waals surface area contributed by atoms with Crippen LogP contribution in [-0.2, 0) is 5.41 Å². The van der Waals surface area contributed by atoms with Gasteiger partial charge in [0.1, 0.15) is 5.58 Å². The Balaban J connectivity index is 1.52. The molecule has 1 aromatic heterocycles. The molecule has 0 bridgehead atoms. The second-order valence-electron chi connectivity index (χ2n) is 8.37. The van der Waals surface area contributed by atoms with Crippen molar-refractivity contribution in [1.29, 1.82) is 0 Å². The van der Waals surface area contributed by atoms with Crippen LogP contribution in [0.4, 0.5) is 0 Å². The number of hydrogen-bond acceptors (Lipinski definition) is 7. The molecular weight excluding hydrogens is 386 g/mol. The van der Waals surface area contributed by atoms with Crippen LogP contribution < -0.4 is 20.2 Å². The molecule has 7 heteroatoms. The van der Waals surface area contributed by atoms with Gasteiger partial charge in [-0.3, -0.25) is 4.79 Å². The van der Waals surface area contributed by atoms with Gasteiger partial charge in [-0.25, -0.2) is 0 Å². The molecule has 3 aliphatic rings. The van der Waals surface area contributed by atoms with Crippen molar-refractivity contribution in [2.75, 3.05) is 20.8 Å². The molecule has 2 aromatic carbocycles. The van der Waals surface area contributed by atoms with Crippen LogP contribution in [0.5, 0.6) is 23.0 Å². The van der Waals surface area contributed by atoms with Crippen molar-refractivity contribution >= 4 is 11.0 Å². The lowest BCUT2D eigenvalue weighted by Crippen LogP contribution is -2.43. The lowest BCUT2D eigenvalue weighted by molar-refractivity contribution is 0.319. The van der Waals surface area contributed by atoms with Crippen molar-refractivity contribution in [2.24, 2.45) is 11.8 Å². The lowest BCUT2D eigenvalue weighted by Gasteiger charge is -2.33. The SMILES string of the molecule is COc1cc(-c2oc3cc(C45CCNC6C4C65)ccc3c(=O)c2O)cc(OC)c1O. The van der Waals surface area contributed by atoms with Gasteiger partial charge in [-0.05, 0) is 54.6 Å². The summed E-state index contributed by atoms with van der Waals surface area (Å²) in [6, 6.07) is 9.34. The highest BCUT2D eigenvalue weighted by Crippen LogP contribution is 2.80. The Hall–Kier alpha value is -3.19. The Kier molecular flexibility index (Phi) is 3.35. The zero-order valence-corrected chi connectivity index (χ0v) is 16.6. The monoisotopic (exact) mass is 407 g/mol. The molecule has 154 valence electrons. The summed E-state index contributed by atoms with van der Waals surface area (Å²) in [5.41, 5.74) is 1.73. The third kappa shape index (κ3) is 2.05. The van der Waals surface area contributed by atoms with E-state index >= 15 is 0 Å². The van der Waals surface area contributed by atoms with Crippen molar-refractivity contribution in [2.45, 2.75) is 17.9 Å². The predicted octanol–water partition coefficient (Wildman–Crippen LogP) is 2.75. The summed E-state index contributed by atoms with van der Waals surface area (Å²) in [7, 11) is 2.82. The van der Waals surface area contributed by atoms with Crippen molar-refractivity contribution in [3.63, 3.8) is 0 Å². The number of phenolic OH excluding ortho intramolecular Hbond substituents is 1. The van der Waals surface area contributed by atoms with E-state index in [2.05, 4.69) is 5.32 Å². The van der Waals surface area contributed by atoms with Gasteiger partial charge in [0.2, 0.25) is 16.9 Å².